The maximum atomic E-state index is 12.0. The molecule has 0 saturated heterocycles. The third-order valence-corrected chi connectivity index (χ3v) is 4.28. The van der Waals surface area contributed by atoms with Crippen molar-refractivity contribution in [1.29, 1.82) is 0 Å². The van der Waals surface area contributed by atoms with Gasteiger partial charge in [-0.05, 0) is 37.7 Å². The van der Waals surface area contributed by atoms with Crippen LogP contribution < -0.4 is 5.32 Å². The van der Waals surface area contributed by atoms with E-state index in [0.29, 0.717) is 18.4 Å². The van der Waals surface area contributed by atoms with Gasteiger partial charge in [0.25, 0.3) is 0 Å². The highest BCUT2D eigenvalue weighted by Crippen LogP contribution is 2.29. The molecule has 0 aromatic carbocycles. The predicted molar refractivity (Wildman–Crippen MR) is 80.3 cm³/mol. The molecule has 1 saturated carbocycles. The minimum Gasteiger partial charge on any atom is -0.353 e. The minimum atomic E-state index is 0.213. The Balaban J connectivity index is 1.65. The first-order valence-electron chi connectivity index (χ1n) is 8.06. The number of aromatic nitrogens is 2. The molecule has 1 fully saturated rings. The molecule has 112 valence electrons. The van der Waals surface area contributed by atoms with Crippen molar-refractivity contribution in [2.75, 3.05) is 0 Å². The van der Waals surface area contributed by atoms with Crippen molar-refractivity contribution in [3.05, 3.63) is 18.5 Å². The van der Waals surface area contributed by atoms with E-state index in [9.17, 15) is 4.79 Å². The van der Waals surface area contributed by atoms with Gasteiger partial charge in [-0.25, -0.2) is 0 Å². The fourth-order valence-electron chi connectivity index (χ4n) is 3.15. The highest BCUT2D eigenvalue weighted by molar-refractivity contribution is 5.76. The van der Waals surface area contributed by atoms with Crippen LogP contribution in [0.2, 0.25) is 0 Å². The fourth-order valence-corrected chi connectivity index (χ4v) is 3.15. The first-order valence-corrected chi connectivity index (χ1v) is 8.06. The van der Waals surface area contributed by atoms with Crippen molar-refractivity contribution in [3.63, 3.8) is 0 Å². The van der Waals surface area contributed by atoms with E-state index in [-0.39, 0.29) is 5.91 Å². The second kappa shape index (κ2) is 8.08. The van der Waals surface area contributed by atoms with Gasteiger partial charge in [-0.1, -0.05) is 26.2 Å². The molecule has 2 rings (SSSR count). The molecule has 2 unspecified atom stereocenters. The van der Waals surface area contributed by atoms with Crippen LogP contribution in [0.15, 0.2) is 18.5 Å². The predicted octanol–water partition coefficient (Wildman–Crippen LogP) is 3.14. The van der Waals surface area contributed by atoms with Crippen molar-refractivity contribution in [1.82, 2.24) is 15.1 Å². The summed E-state index contributed by atoms with van der Waals surface area (Å²) in [6.45, 7) is 3.06. The zero-order chi connectivity index (χ0) is 14.2. The van der Waals surface area contributed by atoms with E-state index in [1.54, 1.807) is 6.20 Å². The van der Waals surface area contributed by atoms with Gasteiger partial charge < -0.3 is 5.32 Å². The Morgan fingerprint density at radius 3 is 3.05 bits per heavy atom. The molecule has 4 nitrogen and oxygen atoms in total. The highest BCUT2D eigenvalue weighted by atomic mass is 16.1. The number of carbonyl (C=O) groups is 1. The van der Waals surface area contributed by atoms with E-state index in [4.69, 9.17) is 0 Å². The largest absolute Gasteiger partial charge is 0.353 e. The Hall–Kier alpha value is -1.32. The molecule has 0 spiro atoms. The van der Waals surface area contributed by atoms with Gasteiger partial charge in [0, 0.05) is 31.4 Å². The first-order chi connectivity index (χ1) is 9.79. The zero-order valence-electron chi connectivity index (χ0n) is 12.6. The monoisotopic (exact) mass is 277 g/mol. The normalized spacial score (nSPS) is 22.1. The van der Waals surface area contributed by atoms with Gasteiger partial charge >= 0.3 is 0 Å². The summed E-state index contributed by atoms with van der Waals surface area (Å²) in [4.78, 5) is 12.0. The molecule has 0 radical (unpaired) electrons. The molecule has 1 aromatic rings. The molecule has 0 bridgehead atoms. The molecule has 1 aliphatic carbocycles. The van der Waals surface area contributed by atoms with Crippen molar-refractivity contribution in [3.8, 4) is 0 Å². The number of rotatable bonds is 8. The minimum absolute atomic E-state index is 0.213. The standard InChI is InChI=1S/C16H27N3O/c1-2-3-7-14-8-4-9-15(14)18-16(20)10-5-12-19-13-6-11-17-19/h6,11,13-15H,2-5,7-10,12H2,1H3,(H,18,20). The number of unbranched alkanes of at least 4 members (excludes halogenated alkanes) is 1. The van der Waals surface area contributed by atoms with Crippen LogP contribution in [-0.4, -0.2) is 21.7 Å². The molecular weight excluding hydrogens is 250 g/mol. The van der Waals surface area contributed by atoms with Gasteiger partial charge in [0.2, 0.25) is 5.91 Å². The summed E-state index contributed by atoms with van der Waals surface area (Å²) >= 11 is 0. The number of nitrogens with one attached hydrogen (secondary N) is 1. The van der Waals surface area contributed by atoms with Crippen LogP contribution in [0.3, 0.4) is 0 Å². The number of nitrogens with zero attached hydrogens (tertiary/aromatic N) is 2. The summed E-state index contributed by atoms with van der Waals surface area (Å²) in [6.07, 6.45) is 12.7. The molecule has 0 aliphatic heterocycles. The summed E-state index contributed by atoms with van der Waals surface area (Å²) in [5, 5.41) is 7.40. The van der Waals surface area contributed by atoms with Gasteiger partial charge in [-0.15, -0.1) is 0 Å². The second-order valence-corrected chi connectivity index (χ2v) is 5.88. The third kappa shape index (κ3) is 4.66. The lowest BCUT2D eigenvalue weighted by Crippen LogP contribution is -2.37. The van der Waals surface area contributed by atoms with Crippen molar-refractivity contribution >= 4 is 5.91 Å². The summed E-state index contributed by atoms with van der Waals surface area (Å²) in [5.74, 6) is 0.926. The Labute approximate surface area is 121 Å². The molecule has 1 aliphatic rings. The quantitative estimate of drug-likeness (QED) is 0.793. The smallest absolute Gasteiger partial charge is 0.220 e. The molecule has 1 aromatic heterocycles. The molecule has 1 N–H and O–H groups in total. The third-order valence-electron chi connectivity index (χ3n) is 4.28. The van der Waals surface area contributed by atoms with E-state index in [0.717, 1.165) is 13.0 Å². The van der Waals surface area contributed by atoms with Crippen LogP contribution in [0.1, 0.15) is 58.3 Å². The SMILES string of the molecule is CCCCC1CCCC1NC(=O)CCCn1cccn1. The van der Waals surface area contributed by atoms with Crippen LogP contribution in [0.25, 0.3) is 0 Å². The second-order valence-electron chi connectivity index (χ2n) is 5.88. The van der Waals surface area contributed by atoms with Gasteiger partial charge in [-0.2, -0.15) is 5.10 Å². The lowest BCUT2D eigenvalue weighted by atomic mass is 9.96. The van der Waals surface area contributed by atoms with Gasteiger partial charge in [0.1, 0.15) is 0 Å². The average molecular weight is 277 g/mol. The topological polar surface area (TPSA) is 46.9 Å². The average Bonchev–Trinajstić information content (AvgIpc) is 3.08. The van der Waals surface area contributed by atoms with Crippen LogP contribution in [0.5, 0.6) is 0 Å². The molecule has 4 heteroatoms. The summed E-state index contributed by atoms with van der Waals surface area (Å²) < 4.78 is 1.88. The maximum absolute atomic E-state index is 12.0. The van der Waals surface area contributed by atoms with E-state index in [2.05, 4.69) is 17.3 Å². The Bertz CT molecular complexity index is 388. The van der Waals surface area contributed by atoms with Gasteiger partial charge in [-0.3, -0.25) is 9.48 Å². The molecular formula is C16H27N3O. The Morgan fingerprint density at radius 2 is 2.30 bits per heavy atom. The molecule has 1 amide bonds. The van der Waals surface area contributed by atoms with E-state index in [1.165, 1.54) is 38.5 Å². The van der Waals surface area contributed by atoms with E-state index in [1.807, 2.05) is 16.9 Å². The van der Waals surface area contributed by atoms with Crippen molar-refractivity contribution in [2.45, 2.75) is 70.9 Å². The first kappa shape index (κ1) is 15.1. The number of hydrogen-bond donors (Lipinski definition) is 1. The van der Waals surface area contributed by atoms with Crippen LogP contribution >= 0.6 is 0 Å². The number of hydrogen-bond acceptors (Lipinski definition) is 2. The lowest BCUT2D eigenvalue weighted by Gasteiger charge is -2.20. The van der Waals surface area contributed by atoms with E-state index >= 15 is 0 Å². The summed E-state index contributed by atoms with van der Waals surface area (Å²) in [7, 11) is 0. The van der Waals surface area contributed by atoms with Gasteiger partial charge in [0.15, 0.2) is 0 Å². The van der Waals surface area contributed by atoms with Crippen LogP contribution in [-0.2, 0) is 11.3 Å². The fraction of sp³-hybridized carbons (Fsp3) is 0.750. The lowest BCUT2D eigenvalue weighted by molar-refractivity contribution is -0.122. The summed E-state index contributed by atoms with van der Waals surface area (Å²) in [5.41, 5.74) is 0. The van der Waals surface area contributed by atoms with Crippen molar-refractivity contribution in [2.24, 2.45) is 5.92 Å². The zero-order valence-corrected chi connectivity index (χ0v) is 12.6. The van der Waals surface area contributed by atoms with Gasteiger partial charge in [0.05, 0.1) is 0 Å². The van der Waals surface area contributed by atoms with Crippen molar-refractivity contribution < 1.29 is 4.79 Å². The number of aryl methyl sites for hydroxylation is 1. The van der Waals surface area contributed by atoms with E-state index < -0.39 is 0 Å². The number of amides is 1. The number of carbonyl (C=O) groups excluding carboxylic acids is 1. The van der Waals surface area contributed by atoms with Crippen LogP contribution in [0, 0.1) is 5.92 Å². The highest BCUT2D eigenvalue weighted by Gasteiger charge is 2.27. The summed E-state index contributed by atoms with van der Waals surface area (Å²) in [6, 6.07) is 2.34. The Kier molecular flexibility index (Phi) is 6.09. The maximum Gasteiger partial charge on any atom is 0.220 e. The molecule has 1 heterocycles. The van der Waals surface area contributed by atoms with Crippen LogP contribution in [0.4, 0.5) is 0 Å². The molecule has 20 heavy (non-hydrogen) atoms. The molecule has 2 atom stereocenters. The Morgan fingerprint density at radius 1 is 1.40 bits per heavy atom.